The zero-order chi connectivity index (χ0) is 14.5. The Labute approximate surface area is 133 Å². The standard InChI is InChI=1S/C16H20BrNOS/c1-4-9-19-14-10-11(2)5-6-13(14)18-12(3)15-7-8-16(17)20-15/h5-8,10,12,18H,4,9H2,1-3H3. The van der Waals surface area contributed by atoms with Crippen LogP contribution < -0.4 is 10.1 Å². The van der Waals surface area contributed by atoms with Crippen LogP contribution in [0, 0.1) is 6.92 Å². The average Bonchev–Trinajstić information content (AvgIpc) is 2.85. The van der Waals surface area contributed by atoms with Crippen LogP contribution in [0.4, 0.5) is 5.69 Å². The van der Waals surface area contributed by atoms with Crippen molar-refractivity contribution in [1.82, 2.24) is 0 Å². The van der Waals surface area contributed by atoms with E-state index in [0.717, 1.165) is 28.3 Å². The fourth-order valence-corrected chi connectivity index (χ4v) is 3.37. The highest BCUT2D eigenvalue weighted by Gasteiger charge is 2.11. The zero-order valence-corrected chi connectivity index (χ0v) is 14.5. The predicted molar refractivity (Wildman–Crippen MR) is 91.0 cm³/mol. The summed E-state index contributed by atoms with van der Waals surface area (Å²) in [6.07, 6.45) is 1.01. The topological polar surface area (TPSA) is 21.3 Å². The Morgan fingerprint density at radius 1 is 1.30 bits per heavy atom. The summed E-state index contributed by atoms with van der Waals surface area (Å²) < 4.78 is 7.00. The molecule has 1 aromatic carbocycles. The van der Waals surface area contributed by atoms with Gasteiger partial charge in [-0.3, -0.25) is 0 Å². The highest BCUT2D eigenvalue weighted by atomic mass is 79.9. The van der Waals surface area contributed by atoms with Crippen molar-refractivity contribution in [3.63, 3.8) is 0 Å². The fraction of sp³-hybridized carbons (Fsp3) is 0.375. The highest BCUT2D eigenvalue weighted by molar-refractivity contribution is 9.11. The molecule has 4 heteroatoms. The molecule has 0 saturated heterocycles. The number of halogens is 1. The number of aryl methyl sites for hydroxylation is 1. The second-order valence-electron chi connectivity index (χ2n) is 4.86. The van der Waals surface area contributed by atoms with Gasteiger partial charge in [0.25, 0.3) is 0 Å². The molecule has 2 aromatic rings. The molecule has 0 aliphatic carbocycles. The van der Waals surface area contributed by atoms with Gasteiger partial charge in [0.1, 0.15) is 5.75 Å². The first kappa shape index (κ1) is 15.4. The van der Waals surface area contributed by atoms with E-state index in [2.05, 4.69) is 72.3 Å². The third-order valence-corrected chi connectivity index (χ3v) is 4.80. The normalized spacial score (nSPS) is 12.2. The molecular formula is C16H20BrNOS. The lowest BCUT2D eigenvalue weighted by Crippen LogP contribution is -2.07. The lowest BCUT2D eigenvalue weighted by Gasteiger charge is -2.18. The second kappa shape index (κ2) is 7.14. The summed E-state index contributed by atoms with van der Waals surface area (Å²) in [5, 5.41) is 3.54. The van der Waals surface area contributed by atoms with Crippen LogP contribution in [0.25, 0.3) is 0 Å². The van der Waals surface area contributed by atoms with Crippen molar-refractivity contribution >= 4 is 33.0 Å². The van der Waals surface area contributed by atoms with Gasteiger partial charge in [0.05, 0.1) is 22.1 Å². The van der Waals surface area contributed by atoms with E-state index >= 15 is 0 Å². The minimum Gasteiger partial charge on any atom is -0.491 e. The maximum absolute atomic E-state index is 5.84. The Morgan fingerprint density at radius 2 is 2.10 bits per heavy atom. The molecule has 1 atom stereocenters. The van der Waals surface area contributed by atoms with Crippen LogP contribution in [-0.2, 0) is 0 Å². The summed E-state index contributed by atoms with van der Waals surface area (Å²) in [6.45, 7) is 7.12. The molecule has 0 spiro atoms. The van der Waals surface area contributed by atoms with Gasteiger partial charge in [0.2, 0.25) is 0 Å². The van der Waals surface area contributed by atoms with E-state index < -0.39 is 0 Å². The lowest BCUT2D eigenvalue weighted by molar-refractivity contribution is 0.318. The summed E-state index contributed by atoms with van der Waals surface area (Å²) in [5.41, 5.74) is 2.27. The van der Waals surface area contributed by atoms with Gasteiger partial charge in [-0.2, -0.15) is 0 Å². The molecule has 2 nitrogen and oxygen atoms in total. The zero-order valence-electron chi connectivity index (χ0n) is 12.1. The van der Waals surface area contributed by atoms with E-state index in [-0.39, 0.29) is 6.04 Å². The first-order chi connectivity index (χ1) is 9.60. The Hall–Kier alpha value is -1.000. The predicted octanol–water partition coefficient (Wildman–Crippen LogP) is 5.78. The molecule has 0 aliphatic heterocycles. The van der Waals surface area contributed by atoms with E-state index in [4.69, 9.17) is 4.74 Å². The number of thiophene rings is 1. The third-order valence-electron chi connectivity index (χ3n) is 2.99. The number of benzene rings is 1. The van der Waals surface area contributed by atoms with Gasteiger partial charge in [-0.25, -0.2) is 0 Å². The van der Waals surface area contributed by atoms with E-state index in [1.807, 2.05) is 0 Å². The number of ether oxygens (including phenoxy) is 1. The van der Waals surface area contributed by atoms with Gasteiger partial charge in [-0.15, -0.1) is 11.3 Å². The molecule has 0 saturated carbocycles. The van der Waals surface area contributed by atoms with Crippen molar-refractivity contribution in [3.8, 4) is 5.75 Å². The van der Waals surface area contributed by atoms with E-state index in [9.17, 15) is 0 Å². The second-order valence-corrected chi connectivity index (χ2v) is 7.35. The first-order valence-corrected chi connectivity index (χ1v) is 8.46. The molecule has 1 unspecified atom stereocenters. The van der Waals surface area contributed by atoms with Crippen molar-refractivity contribution in [2.24, 2.45) is 0 Å². The highest BCUT2D eigenvalue weighted by Crippen LogP contribution is 2.33. The molecule has 0 amide bonds. The Bertz CT molecular complexity index is 567. The smallest absolute Gasteiger partial charge is 0.142 e. The largest absolute Gasteiger partial charge is 0.491 e. The molecule has 0 fully saturated rings. The van der Waals surface area contributed by atoms with Gasteiger partial charge >= 0.3 is 0 Å². The van der Waals surface area contributed by atoms with Crippen LogP contribution in [0.3, 0.4) is 0 Å². The van der Waals surface area contributed by atoms with Crippen molar-refractivity contribution in [1.29, 1.82) is 0 Å². The molecule has 0 bridgehead atoms. The average molecular weight is 354 g/mol. The molecule has 1 aromatic heterocycles. The van der Waals surface area contributed by atoms with Crippen molar-refractivity contribution < 1.29 is 4.74 Å². The molecule has 20 heavy (non-hydrogen) atoms. The van der Waals surface area contributed by atoms with Crippen LogP contribution in [-0.4, -0.2) is 6.61 Å². The van der Waals surface area contributed by atoms with Gasteiger partial charge in [-0.05, 0) is 66.0 Å². The number of rotatable bonds is 6. The summed E-state index contributed by atoms with van der Waals surface area (Å²) in [6, 6.07) is 10.8. The van der Waals surface area contributed by atoms with Gasteiger partial charge in [-0.1, -0.05) is 13.0 Å². The molecule has 1 N–H and O–H groups in total. The van der Waals surface area contributed by atoms with Gasteiger partial charge < -0.3 is 10.1 Å². The molecule has 108 valence electrons. The number of anilines is 1. The summed E-state index contributed by atoms with van der Waals surface area (Å²) >= 11 is 5.27. The Morgan fingerprint density at radius 3 is 2.75 bits per heavy atom. The summed E-state index contributed by atoms with van der Waals surface area (Å²) in [4.78, 5) is 1.30. The Balaban J connectivity index is 2.15. The van der Waals surface area contributed by atoms with E-state index in [0.29, 0.717) is 0 Å². The fourth-order valence-electron chi connectivity index (χ4n) is 1.95. The number of hydrogen-bond acceptors (Lipinski definition) is 3. The van der Waals surface area contributed by atoms with Crippen LogP contribution in [0.5, 0.6) is 5.75 Å². The maximum Gasteiger partial charge on any atom is 0.142 e. The van der Waals surface area contributed by atoms with Gasteiger partial charge in [0, 0.05) is 4.88 Å². The summed E-state index contributed by atoms with van der Waals surface area (Å²) in [7, 11) is 0. The van der Waals surface area contributed by atoms with Crippen molar-refractivity contribution in [3.05, 3.63) is 44.6 Å². The maximum atomic E-state index is 5.84. The Kier molecular flexibility index (Phi) is 5.49. The van der Waals surface area contributed by atoms with Crippen LogP contribution in [0.2, 0.25) is 0 Å². The first-order valence-electron chi connectivity index (χ1n) is 6.85. The van der Waals surface area contributed by atoms with Crippen LogP contribution in [0.1, 0.15) is 36.8 Å². The molecule has 0 aliphatic rings. The van der Waals surface area contributed by atoms with Crippen LogP contribution in [0.15, 0.2) is 34.1 Å². The number of hydrogen-bond donors (Lipinski definition) is 1. The molecule has 1 heterocycles. The van der Waals surface area contributed by atoms with Gasteiger partial charge in [0.15, 0.2) is 0 Å². The summed E-state index contributed by atoms with van der Waals surface area (Å²) in [5.74, 6) is 0.939. The third kappa shape index (κ3) is 4.00. The lowest BCUT2D eigenvalue weighted by atomic mass is 10.2. The van der Waals surface area contributed by atoms with Crippen molar-refractivity contribution in [2.45, 2.75) is 33.2 Å². The number of nitrogens with one attached hydrogen (secondary N) is 1. The van der Waals surface area contributed by atoms with Crippen molar-refractivity contribution in [2.75, 3.05) is 11.9 Å². The van der Waals surface area contributed by atoms with E-state index in [1.165, 1.54) is 10.4 Å². The monoisotopic (exact) mass is 353 g/mol. The minimum absolute atomic E-state index is 0.262. The minimum atomic E-state index is 0.262. The molecule has 0 radical (unpaired) electrons. The SMILES string of the molecule is CCCOc1cc(C)ccc1NC(C)c1ccc(Br)s1. The molecule has 2 rings (SSSR count). The quantitative estimate of drug-likeness (QED) is 0.710. The molecular weight excluding hydrogens is 334 g/mol. The van der Waals surface area contributed by atoms with Crippen LogP contribution >= 0.6 is 27.3 Å². The van der Waals surface area contributed by atoms with E-state index in [1.54, 1.807) is 11.3 Å².